The molecule has 1 aromatic rings. The van der Waals surface area contributed by atoms with E-state index in [1.54, 1.807) is 13.8 Å². The van der Waals surface area contributed by atoms with Gasteiger partial charge in [-0.15, -0.1) is 0 Å². The predicted octanol–water partition coefficient (Wildman–Crippen LogP) is 0.583. The van der Waals surface area contributed by atoms with E-state index in [2.05, 4.69) is 4.72 Å². The highest BCUT2D eigenvalue weighted by molar-refractivity contribution is 7.89. The molecule has 0 amide bonds. The Morgan fingerprint density at radius 3 is 2.29 bits per heavy atom. The summed E-state index contributed by atoms with van der Waals surface area (Å²) in [5, 5.41) is 9.18. The van der Waals surface area contributed by atoms with Crippen LogP contribution < -0.4 is 19.9 Å². The van der Waals surface area contributed by atoms with E-state index in [0.29, 0.717) is 5.75 Å². The number of nitrogens with two attached hydrogens (primary N) is 1. The Morgan fingerprint density at radius 1 is 1.24 bits per heavy atom. The summed E-state index contributed by atoms with van der Waals surface area (Å²) >= 11 is 0. The van der Waals surface area contributed by atoms with Crippen molar-refractivity contribution in [2.75, 3.05) is 33.1 Å². The number of benzene rings is 1. The molecular weight excluding hydrogens is 296 g/mol. The van der Waals surface area contributed by atoms with Crippen LogP contribution in [0.1, 0.15) is 13.8 Å². The lowest BCUT2D eigenvalue weighted by Gasteiger charge is -2.22. The molecule has 7 nitrogen and oxygen atoms in total. The number of sulfonamides is 1. The normalized spacial score (nSPS) is 12.2. The number of aliphatic hydroxyl groups excluding tert-OH is 1. The fraction of sp³-hybridized carbons (Fsp3) is 0.538. The van der Waals surface area contributed by atoms with E-state index < -0.39 is 15.4 Å². The number of ether oxygens (including phenoxy) is 2. The highest BCUT2D eigenvalue weighted by atomic mass is 32.2. The molecule has 1 rings (SSSR count). The summed E-state index contributed by atoms with van der Waals surface area (Å²) in [7, 11) is -1.02. The molecule has 0 heterocycles. The van der Waals surface area contributed by atoms with E-state index in [-0.39, 0.29) is 29.5 Å². The fourth-order valence-electron chi connectivity index (χ4n) is 1.53. The molecule has 0 aliphatic carbocycles. The molecule has 0 aliphatic heterocycles. The molecule has 0 radical (unpaired) electrons. The standard InChI is InChI=1S/C13H22N2O5S/c1-13(2,8-16)7-15-21(17,18)12-5-9(14)10(19-3)6-11(12)20-4/h5-6,15-16H,7-8,14H2,1-4H3. The van der Waals surface area contributed by atoms with E-state index in [0.717, 1.165) is 0 Å². The van der Waals surface area contributed by atoms with Crippen LogP contribution >= 0.6 is 0 Å². The second-order valence-corrected chi connectivity index (χ2v) is 7.13. The van der Waals surface area contributed by atoms with Crippen molar-refractivity contribution in [1.29, 1.82) is 0 Å². The number of methoxy groups -OCH3 is 2. The number of hydrogen-bond donors (Lipinski definition) is 3. The van der Waals surface area contributed by atoms with Crippen molar-refractivity contribution in [3.63, 3.8) is 0 Å². The minimum Gasteiger partial charge on any atom is -0.495 e. The number of nitrogens with one attached hydrogen (secondary N) is 1. The van der Waals surface area contributed by atoms with Gasteiger partial charge in [0.05, 0.1) is 19.9 Å². The van der Waals surface area contributed by atoms with Crippen LogP contribution in [0.15, 0.2) is 17.0 Å². The molecule has 0 saturated carbocycles. The Balaban J connectivity index is 3.16. The summed E-state index contributed by atoms with van der Waals surface area (Å²) in [4.78, 5) is -0.0722. The Morgan fingerprint density at radius 2 is 1.81 bits per heavy atom. The Hall–Kier alpha value is -1.51. The first kappa shape index (κ1) is 17.5. The average Bonchev–Trinajstić information content (AvgIpc) is 2.45. The first-order valence-electron chi connectivity index (χ1n) is 6.29. The van der Waals surface area contributed by atoms with Gasteiger partial charge >= 0.3 is 0 Å². The van der Waals surface area contributed by atoms with Gasteiger partial charge in [-0.3, -0.25) is 0 Å². The lowest BCUT2D eigenvalue weighted by Crippen LogP contribution is -2.36. The molecule has 1 aromatic carbocycles. The molecule has 0 aliphatic rings. The first-order valence-corrected chi connectivity index (χ1v) is 7.77. The van der Waals surface area contributed by atoms with Gasteiger partial charge in [0.25, 0.3) is 0 Å². The van der Waals surface area contributed by atoms with Crippen LogP contribution in [-0.2, 0) is 10.0 Å². The Kier molecular flexibility index (Phi) is 5.43. The summed E-state index contributed by atoms with van der Waals surface area (Å²) in [5.41, 5.74) is 5.37. The third kappa shape index (κ3) is 4.23. The number of nitrogen functional groups attached to an aromatic ring is 1. The van der Waals surface area contributed by atoms with E-state index in [4.69, 9.17) is 15.2 Å². The van der Waals surface area contributed by atoms with Crippen LogP contribution in [0.5, 0.6) is 11.5 Å². The van der Waals surface area contributed by atoms with E-state index in [1.165, 1.54) is 26.4 Å². The Labute approximate surface area is 125 Å². The molecule has 21 heavy (non-hydrogen) atoms. The van der Waals surface area contributed by atoms with Crippen molar-refractivity contribution in [3.8, 4) is 11.5 Å². The zero-order chi connectivity index (χ0) is 16.3. The second-order valence-electron chi connectivity index (χ2n) is 5.39. The zero-order valence-corrected chi connectivity index (χ0v) is 13.5. The maximum absolute atomic E-state index is 12.4. The largest absolute Gasteiger partial charge is 0.495 e. The number of anilines is 1. The van der Waals surface area contributed by atoms with Gasteiger partial charge in [-0.05, 0) is 6.07 Å². The van der Waals surface area contributed by atoms with Gasteiger partial charge < -0.3 is 20.3 Å². The minimum absolute atomic E-state index is 0.0722. The molecule has 4 N–H and O–H groups in total. The molecule has 120 valence electrons. The van der Waals surface area contributed by atoms with Crippen molar-refractivity contribution in [1.82, 2.24) is 4.72 Å². The van der Waals surface area contributed by atoms with Crippen LogP contribution in [0.3, 0.4) is 0 Å². The van der Waals surface area contributed by atoms with Crippen molar-refractivity contribution in [2.45, 2.75) is 18.7 Å². The summed E-state index contributed by atoms with van der Waals surface area (Å²) in [5.74, 6) is 0.469. The quantitative estimate of drug-likeness (QED) is 0.634. The van der Waals surface area contributed by atoms with Crippen molar-refractivity contribution < 1.29 is 23.0 Å². The third-order valence-corrected chi connectivity index (χ3v) is 4.40. The number of rotatable bonds is 7. The predicted molar refractivity (Wildman–Crippen MR) is 80.0 cm³/mol. The summed E-state index contributed by atoms with van der Waals surface area (Å²) < 4.78 is 37.3. The van der Waals surface area contributed by atoms with Crippen molar-refractivity contribution in [3.05, 3.63) is 12.1 Å². The van der Waals surface area contributed by atoms with Gasteiger partial charge in [0, 0.05) is 24.6 Å². The molecule has 0 bridgehead atoms. The zero-order valence-electron chi connectivity index (χ0n) is 12.6. The highest BCUT2D eigenvalue weighted by Gasteiger charge is 2.25. The van der Waals surface area contributed by atoms with Crippen LogP contribution in [0.25, 0.3) is 0 Å². The molecule has 0 unspecified atom stereocenters. The second kappa shape index (κ2) is 6.50. The van der Waals surface area contributed by atoms with Gasteiger partial charge in [-0.25, -0.2) is 13.1 Å². The monoisotopic (exact) mass is 318 g/mol. The molecule has 0 fully saturated rings. The maximum Gasteiger partial charge on any atom is 0.244 e. The van der Waals surface area contributed by atoms with Gasteiger partial charge in [-0.2, -0.15) is 0 Å². The van der Waals surface area contributed by atoms with Crippen LogP contribution in [0, 0.1) is 5.41 Å². The summed E-state index contributed by atoms with van der Waals surface area (Å²) in [6, 6.07) is 2.70. The molecule has 0 aromatic heterocycles. The van der Waals surface area contributed by atoms with E-state index in [9.17, 15) is 13.5 Å². The minimum atomic E-state index is -3.82. The SMILES string of the molecule is COc1cc(OC)c(S(=O)(=O)NCC(C)(C)CO)cc1N. The fourth-order valence-corrected chi connectivity index (χ4v) is 2.95. The highest BCUT2D eigenvalue weighted by Crippen LogP contribution is 2.33. The van der Waals surface area contributed by atoms with Crippen LogP contribution in [-0.4, -0.2) is 40.9 Å². The third-order valence-electron chi connectivity index (χ3n) is 2.97. The van der Waals surface area contributed by atoms with Gasteiger partial charge in [-0.1, -0.05) is 13.8 Å². The van der Waals surface area contributed by atoms with Crippen molar-refractivity contribution in [2.24, 2.45) is 5.41 Å². The smallest absolute Gasteiger partial charge is 0.244 e. The molecule has 0 spiro atoms. The molecule has 8 heteroatoms. The number of aliphatic hydroxyl groups is 1. The lowest BCUT2D eigenvalue weighted by atomic mass is 9.96. The summed E-state index contributed by atoms with van der Waals surface area (Å²) in [6.45, 7) is 3.43. The van der Waals surface area contributed by atoms with Gasteiger partial charge in [0.15, 0.2) is 0 Å². The van der Waals surface area contributed by atoms with Crippen LogP contribution in [0.2, 0.25) is 0 Å². The molecule has 0 saturated heterocycles. The molecular formula is C13H22N2O5S. The van der Waals surface area contributed by atoms with Gasteiger partial charge in [0.2, 0.25) is 10.0 Å². The van der Waals surface area contributed by atoms with Gasteiger partial charge in [0.1, 0.15) is 16.4 Å². The maximum atomic E-state index is 12.4. The number of hydrogen-bond acceptors (Lipinski definition) is 6. The van der Waals surface area contributed by atoms with Crippen LogP contribution in [0.4, 0.5) is 5.69 Å². The first-order chi connectivity index (χ1) is 9.66. The summed E-state index contributed by atoms with van der Waals surface area (Å²) in [6.07, 6.45) is 0. The topological polar surface area (TPSA) is 111 Å². The van der Waals surface area contributed by atoms with Crippen molar-refractivity contribution >= 4 is 15.7 Å². The van der Waals surface area contributed by atoms with E-state index in [1.807, 2.05) is 0 Å². The lowest BCUT2D eigenvalue weighted by molar-refractivity contribution is 0.163. The molecule has 0 atom stereocenters. The van der Waals surface area contributed by atoms with E-state index >= 15 is 0 Å². The average molecular weight is 318 g/mol. The Bertz CT molecular complexity index is 599.